The van der Waals surface area contributed by atoms with E-state index in [1.807, 2.05) is 51.1 Å². The van der Waals surface area contributed by atoms with Crippen LogP contribution in [-0.4, -0.2) is 107 Å². The van der Waals surface area contributed by atoms with Crippen molar-refractivity contribution in [1.82, 2.24) is 19.6 Å². The van der Waals surface area contributed by atoms with Gasteiger partial charge in [-0.15, -0.1) is 0 Å². The first-order valence-electron chi connectivity index (χ1n) is 12.2. The van der Waals surface area contributed by atoms with E-state index in [0.29, 0.717) is 26.2 Å². The molecule has 11 heteroatoms. The highest BCUT2D eigenvalue weighted by Crippen LogP contribution is 2.30. The summed E-state index contributed by atoms with van der Waals surface area (Å²) in [4.78, 5) is 57.6. The number of carbonyl (C=O) groups excluding carboxylic acids is 4. The van der Waals surface area contributed by atoms with Crippen molar-refractivity contribution in [3.8, 4) is 0 Å². The number of ether oxygens (including phenoxy) is 3. The fourth-order valence-corrected chi connectivity index (χ4v) is 4.93. The minimum atomic E-state index is -0.841. The summed E-state index contributed by atoms with van der Waals surface area (Å²) in [5.74, 6) is -0.547. The number of fused-ring (bicyclic) bond motifs is 1. The number of nitrogens with zero attached hydrogens (tertiary/aromatic N) is 4. The van der Waals surface area contributed by atoms with Crippen LogP contribution in [0.4, 0.5) is 14.4 Å². The highest BCUT2D eigenvalue weighted by Gasteiger charge is 2.50. The smallest absolute Gasteiger partial charge is 0.410 e. The lowest BCUT2D eigenvalue weighted by atomic mass is 10.1. The summed E-state index contributed by atoms with van der Waals surface area (Å²) in [6, 6.07) is 7.71. The van der Waals surface area contributed by atoms with Gasteiger partial charge in [0.05, 0.1) is 19.2 Å². The van der Waals surface area contributed by atoms with Crippen LogP contribution >= 0.6 is 0 Å². The Morgan fingerprint density at radius 2 is 1.67 bits per heavy atom. The Balaban J connectivity index is 1.41. The molecule has 11 nitrogen and oxygen atoms in total. The molecule has 0 radical (unpaired) electrons. The number of rotatable bonds is 4. The third-order valence-electron chi connectivity index (χ3n) is 6.67. The molecule has 0 saturated carbocycles. The van der Waals surface area contributed by atoms with Gasteiger partial charge in [-0.25, -0.2) is 19.2 Å². The second kappa shape index (κ2) is 10.2. The van der Waals surface area contributed by atoms with Gasteiger partial charge in [-0.1, -0.05) is 30.3 Å². The number of likely N-dealkylation sites (tertiary alicyclic amines) is 1. The minimum absolute atomic E-state index is 0.0771. The van der Waals surface area contributed by atoms with Crippen molar-refractivity contribution in [1.29, 1.82) is 0 Å². The van der Waals surface area contributed by atoms with Crippen molar-refractivity contribution >= 4 is 24.2 Å². The van der Waals surface area contributed by atoms with Gasteiger partial charge < -0.3 is 28.9 Å². The summed E-state index contributed by atoms with van der Waals surface area (Å²) in [7, 11) is 1.27. The van der Waals surface area contributed by atoms with Crippen LogP contribution < -0.4 is 0 Å². The monoisotopic (exact) mass is 502 g/mol. The van der Waals surface area contributed by atoms with Crippen molar-refractivity contribution in [2.24, 2.45) is 0 Å². The van der Waals surface area contributed by atoms with E-state index in [0.717, 1.165) is 5.56 Å². The molecule has 3 atom stereocenters. The number of methoxy groups -OCH3 is 1. The molecule has 3 saturated heterocycles. The Morgan fingerprint density at radius 1 is 0.944 bits per heavy atom. The summed E-state index contributed by atoms with van der Waals surface area (Å²) >= 11 is 0. The van der Waals surface area contributed by atoms with Gasteiger partial charge in [-0.2, -0.15) is 0 Å². The van der Waals surface area contributed by atoms with Crippen LogP contribution in [0, 0.1) is 0 Å². The standard InChI is InChI=1S/C25H34N4O7/c1-25(2,3)36-23(32)26-10-11-27-19(13-26)15-28(22(27)31)18-12-20(21(30)34-4)29(14-18)24(33)35-16-17-8-6-5-7-9-17/h5-9,18-20H,10-16H2,1-4H3. The maximum absolute atomic E-state index is 13.2. The molecular formula is C25H34N4O7. The second-order valence-electron chi connectivity index (χ2n) is 10.3. The zero-order valence-electron chi connectivity index (χ0n) is 21.2. The molecule has 36 heavy (non-hydrogen) atoms. The fraction of sp³-hybridized carbons (Fsp3) is 0.600. The van der Waals surface area contributed by atoms with Crippen LogP contribution in [0.1, 0.15) is 32.8 Å². The summed E-state index contributed by atoms with van der Waals surface area (Å²) in [5.41, 5.74) is 0.231. The maximum atomic E-state index is 13.2. The first-order valence-corrected chi connectivity index (χ1v) is 12.2. The van der Waals surface area contributed by atoms with Crippen LogP contribution in [0.25, 0.3) is 0 Å². The summed E-state index contributed by atoms with van der Waals surface area (Å²) < 4.78 is 15.9. The lowest BCUT2D eigenvalue weighted by molar-refractivity contribution is -0.145. The Kier molecular flexibility index (Phi) is 7.28. The minimum Gasteiger partial charge on any atom is -0.467 e. The van der Waals surface area contributed by atoms with Gasteiger partial charge in [0.2, 0.25) is 0 Å². The third kappa shape index (κ3) is 5.50. The zero-order valence-corrected chi connectivity index (χ0v) is 21.2. The number of carbonyl (C=O) groups is 4. The van der Waals surface area contributed by atoms with Crippen LogP contribution in [0.2, 0.25) is 0 Å². The number of urea groups is 1. The lowest BCUT2D eigenvalue weighted by Gasteiger charge is -2.37. The summed E-state index contributed by atoms with van der Waals surface area (Å²) in [6.07, 6.45) is -0.765. The SMILES string of the molecule is COC(=O)C1CC(N2CC3CN(C(=O)OC(C)(C)C)CCN3C2=O)CN1C(=O)OCc1ccccc1. The Bertz CT molecular complexity index is 996. The quantitative estimate of drug-likeness (QED) is 0.459. The maximum Gasteiger partial charge on any atom is 0.410 e. The van der Waals surface area contributed by atoms with E-state index in [1.54, 1.807) is 14.7 Å². The molecule has 0 bridgehead atoms. The fourth-order valence-electron chi connectivity index (χ4n) is 4.93. The van der Waals surface area contributed by atoms with E-state index >= 15 is 0 Å². The Morgan fingerprint density at radius 3 is 2.33 bits per heavy atom. The molecule has 3 unspecified atom stereocenters. The van der Waals surface area contributed by atoms with Gasteiger partial charge in [0, 0.05) is 39.1 Å². The van der Waals surface area contributed by atoms with Gasteiger partial charge in [-0.05, 0) is 26.3 Å². The van der Waals surface area contributed by atoms with Crippen molar-refractivity contribution < 1.29 is 33.4 Å². The first-order chi connectivity index (χ1) is 17.1. The molecule has 4 rings (SSSR count). The molecule has 3 fully saturated rings. The van der Waals surface area contributed by atoms with Gasteiger partial charge in [0.1, 0.15) is 18.2 Å². The highest BCUT2D eigenvalue weighted by molar-refractivity contribution is 5.83. The average Bonchev–Trinajstić information content (AvgIpc) is 3.43. The van der Waals surface area contributed by atoms with Crippen LogP contribution in [0.15, 0.2) is 30.3 Å². The molecule has 1 aromatic rings. The third-order valence-corrected chi connectivity index (χ3v) is 6.67. The van der Waals surface area contributed by atoms with Crippen molar-refractivity contribution in [3.05, 3.63) is 35.9 Å². The van der Waals surface area contributed by atoms with E-state index in [1.165, 1.54) is 12.0 Å². The molecule has 0 aromatic heterocycles. The zero-order chi connectivity index (χ0) is 26.0. The Hall–Kier alpha value is -3.50. The van der Waals surface area contributed by atoms with E-state index < -0.39 is 29.8 Å². The number of hydrogen-bond donors (Lipinski definition) is 0. The summed E-state index contributed by atoms with van der Waals surface area (Å²) in [6.45, 7) is 7.23. The largest absolute Gasteiger partial charge is 0.467 e. The number of hydrogen-bond acceptors (Lipinski definition) is 7. The molecular weight excluding hydrogens is 468 g/mol. The predicted octanol–water partition coefficient (Wildman–Crippen LogP) is 2.30. The van der Waals surface area contributed by atoms with Crippen molar-refractivity contribution in [2.45, 2.75) is 57.5 Å². The van der Waals surface area contributed by atoms with E-state index in [4.69, 9.17) is 14.2 Å². The van der Waals surface area contributed by atoms with E-state index in [2.05, 4.69) is 0 Å². The molecule has 0 N–H and O–H groups in total. The van der Waals surface area contributed by atoms with Gasteiger partial charge in [-0.3, -0.25) is 4.90 Å². The molecule has 3 aliphatic rings. The van der Waals surface area contributed by atoms with Gasteiger partial charge >= 0.3 is 24.2 Å². The number of esters is 1. The van der Waals surface area contributed by atoms with Crippen LogP contribution in [0.5, 0.6) is 0 Å². The molecule has 196 valence electrons. The summed E-state index contributed by atoms with van der Waals surface area (Å²) in [5, 5.41) is 0. The second-order valence-corrected chi connectivity index (χ2v) is 10.3. The molecule has 0 spiro atoms. The highest BCUT2D eigenvalue weighted by atomic mass is 16.6. The Labute approximate surface area is 210 Å². The van der Waals surface area contributed by atoms with Crippen LogP contribution in [0.3, 0.4) is 0 Å². The predicted molar refractivity (Wildman–Crippen MR) is 128 cm³/mol. The number of amides is 4. The first kappa shape index (κ1) is 25.6. The molecule has 4 amide bonds. The van der Waals surface area contributed by atoms with Gasteiger partial charge in [0.25, 0.3) is 0 Å². The number of piperazine rings is 1. The molecule has 3 aliphatic heterocycles. The normalized spacial score (nSPS) is 24.0. The van der Waals surface area contributed by atoms with Crippen molar-refractivity contribution in [2.75, 3.05) is 39.8 Å². The van der Waals surface area contributed by atoms with Crippen molar-refractivity contribution in [3.63, 3.8) is 0 Å². The van der Waals surface area contributed by atoms with E-state index in [9.17, 15) is 19.2 Å². The van der Waals surface area contributed by atoms with Gasteiger partial charge in [0.15, 0.2) is 0 Å². The average molecular weight is 503 g/mol. The number of benzene rings is 1. The molecule has 1 aromatic carbocycles. The molecule has 3 heterocycles. The van der Waals surface area contributed by atoms with E-state index in [-0.39, 0.29) is 37.7 Å². The molecule has 0 aliphatic carbocycles. The lowest BCUT2D eigenvalue weighted by Crippen LogP contribution is -2.54. The topological polar surface area (TPSA) is 109 Å². The van der Waals surface area contributed by atoms with Crippen LogP contribution in [-0.2, 0) is 25.6 Å².